The van der Waals surface area contributed by atoms with Crippen LogP contribution in [-0.4, -0.2) is 99.2 Å². The number of rotatable bonds is 7. The van der Waals surface area contributed by atoms with Crippen molar-refractivity contribution >= 4 is 40.3 Å². The number of pyridine rings is 3. The van der Waals surface area contributed by atoms with Crippen molar-refractivity contribution in [3.63, 3.8) is 0 Å². The van der Waals surface area contributed by atoms with Gasteiger partial charge in [-0.25, -0.2) is 15.0 Å². The molecule has 16 nitrogen and oxygen atoms in total. The molecule has 3 aromatic rings. The van der Waals surface area contributed by atoms with Crippen molar-refractivity contribution < 1.29 is 24.1 Å². The third-order valence-electron chi connectivity index (χ3n) is 9.05. The molecule has 3 aromatic heterocycles. The van der Waals surface area contributed by atoms with Crippen molar-refractivity contribution in [2.24, 2.45) is 0 Å². The van der Waals surface area contributed by atoms with E-state index >= 15 is 0 Å². The fourth-order valence-corrected chi connectivity index (χ4v) is 6.93. The van der Waals surface area contributed by atoms with Crippen molar-refractivity contribution in [2.75, 3.05) is 54.8 Å². The lowest BCUT2D eigenvalue weighted by Crippen LogP contribution is -2.40. The second-order valence-corrected chi connectivity index (χ2v) is 18.0. The van der Waals surface area contributed by atoms with Gasteiger partial charge in [0.05, 0.1) is 50.6 Å². The van der Waals surface area contributed by atoms with Crippen LogP contribution in [0, 0.1) is 20.2 Å². The minimum absolute atomic E-state index is 0.0298. The summed E-state index contributed by atoms with van der Waals surface area (Å²) in [4.78, 5) is 36.5. The lowest BCUT2D eigenvalue weighted by Gasteiger charge is -2.36. The van der Waals surface area contributed by atoms with Crippen LogP contribution >= 0.6 is 11.6 Å². The molecule has 0 radical (unpaired) electrons. The fraction of sp³-hybridized carbons (Fsp3) is 0.643. The Labute approximate surface area is 354 Å². The fourth-order valence-electron chi connectivity index (χ4n) is 6.75. The van der Waals surface area contributed by atoms with Gasteiger partial charge in [0.1, 0.15) is 0 Å². The first-order valence-corrected chi connectivity index (χ1v) is 20.8. The lowest BCUT2D eigenvalue weighted by atomic mass is 10.1. The van der Waals surface area contributed by atoms with Crippen LogP contribution in [0.2, 0.25) is 5.15 Å². The smallest absolute Gasteiger partial charge is 0.311 e. The molecule has 6 heterocycles. The standard InChI is InChI=1S/C14H21N3O3.C14H23N3O.C9H19NO.C5H3ClN2O2/c1-14(2,3)20-11-6-9-16(10-7-11)13-12(17(18)19)5-4-8-15-13;1-14(2,3)18-11-6-9-17(10-7-11)13-12(15)5-4-8-16-13;1-9(2,3)11-8-4-6-10-7-5-8;6-5-4(8(9)10)2-1-3-7-5/h4-5,8,11H,6-7,9-10H2,1-3H3;4-5,8,11H,6-7,9-10,15H2,1-3H3;8,10H,4-7H2,1-3H3;1-3H. The number of piperidine rings is 3. The highest BCUT2D eigenvalue weighted by Crippen LogP contribution is 2.30. The number of aromatic nitrogens is 3. The van der Waals surface area contributed by atoms with Crippen molar-refractivity contribution in [1.29, 1.82) is 0 Å². The maximum Gasteiger partial charge on any atom is 0.311 e. The molecule has 17 heteroatoms. The Morgan fingerprint density at radius 3 is 1.39 bits per heavy atom. The van der Waals surface area contributed by atoms with Crippen LogP contribution in [0.3, 0.4) is 0 Å². The van der Waals surface area contributed by atoms with E-state index in [0.29, 0.717) is 18.0 Å². The van der Waals surface area contributed by atoms with Gasteiger partial charge in [-0.1, -0.05) is 11.6 Å². The first kappa shape index (κ1) is 49.1. The van der Waals surface area contributed by atoms with Crippen LogP contribution in [0.25, 0.3) is 0 Å². The predicted molar refractivity (Wildman–Crippen MR) is 234 cm³/mol. The predicted octanol–water partition coefficient (Wildman–Crippen LogP) is 8.42. The molecule has 0 spiro atoms. The number of halogens is 1. The summed E-state index contributed by atoms with van der Waals surface area (Å²) in [6.45, 7) is 24.4. The average Bonchev–Trinajstić information content (AvgIpc) is 3.15. The van der Waals surface area contributed by atoms with Gasteiger partial charge in [-0.3, -0.25) is 20.2 Å². The number of nitro groups is 2. The van der Waals surface area contributed by atoms with Crippen LogP contribution in [0.5, 0.6) is 0 Å². The molecule has 3 fully saturated rings. The molecule has 0 atom stereocenters. The summed E-state index contributed by atoms with van der Waals surface area (Å²) in [5.41, 5.74) is 6.44. The Kier molecular flexibility index (Phi) is 19.1. The molecule has 0 aliphatic carbocycles. The highest BCUT2D eigenvalue weighted by molar-refractivity contribution is 6.31. The third kappa shape index (κ3) is 18.7. The minimum atomic E-state index is -0.574. The van der Waals surface area contributed by atoms with E-state index in [4.69, 9.17) is 31.5 Å². The summed E-state index contributed by atoms with van der Waals surface area (Å²) in [6.07, 6.45) is 12.0. The van der Waals surface area contributed by atoms with Crippen LogP contribution in [0.1, 0.15) is 101 Å². The molecule has 0 amide bonds. The molecule has 3 saturated heterocycles. The van der Waals surface area contributed by atoms with Gasteiger partial charge >= 0.3 is 11.4 Å². The maximum atomic E-state index is 11.0. The molecule has 3 N–H and O–H groups in total. The van der Waals surface area contributed by atoms with E-state index in [0.717, 1.165) is 89.3 Å². The first-order chi connectivity index (χ1) is 27.6. The summed E-state index contributed by atoms with van der Waals surface area (Å²) in [7, 11) is 0. The van der Waals surface area contributed by atoms with E-state index < -0.39 is 4.92 Å². The Morgan fingerprint density at radius 1 is 0.627 bits per heavy atom. The Morgan fingerprint density at radius 2 is 1.00 bits per heavy atom. The molecule has 59 heavy (non-hydrogen) atoms. The zero-order valence-electron chi connectivity index (χ0n) is 36.4. The highest BCUT2D eigenvalue weighted by atomic mass is 35.5. The quantitative estimate of drug-likeness (QED) is 0.131. The zero-order chi connectivity index (χ0) is 43.8. The number of ether oxygens (including phenoxy) is 3. The van der Waals surface area contributed by atoms with Crippen molar-refractivity contribution in [3.8, 4) is 0 Å². The monoisotopic (exact) mass is 843 g/mol. The number of anilines is 3. The van der Waals surface area contributed by atoms with Gasteiger partial charge in [-0.15, -0.1) is 0 Å². The van der Waals surface area contributed by atoms with Gasteiger partial charge in [0.2, 0.25) is 11.0 Å². The van der Waals surface area contributed by atoms with Crippen LogP contribution in [-0.2, 0) is 14.2 Å². The van der Waals surface area contributed by atoms with E-state index in [1.807, 2.05) is 37.8 Å². The van der Waals surface area contributed by atoms with Crippen molar-refractivity contribution in [3.05, 3.63) is 80.4 Å². The number of nitrogens with two attached hydrogens (primary N) is 1. The van der Waals surface area contributed by atoms with Gasteiger partial charge in [0, 0.05) is 56.9 Å². The molecular weight excluding hydrogens is 778 g/mol. The third-order valence-corrected chi connectivity index (χ3v) is 9.34. The molecule has 328 valence electrons. The number of nitrogens with zero attached hydrogens (tertiary/aromatic N) is 7. The van der Waals surface area contributed by atoms with Gasteiger partial charge in [-0.2, -0.15) is 0 Å². The first-order valence-electron chi connectivity index (χ1n) is 20.4. The van der Waals surface area contributed by atoms with Gasteiger partial charge in [-0.05, 0) is 138 Å². The molecule has 0 aromatic carbocycles. The van der Waals surface area contributed by atoms with Crippen LogP contribution in [0.4, 0.5) is 28.7 Å². The maximum absolute atomic E-state index is 11.0. The SMILES string of the molecule is CC(C)(C)OC1CCN(c2ncccc2N)CC1.CC(C)(C)OC1CCN(c2ncccc2[N+](=O)[O-])CC1.CC(C)(C)OC1CCNCC1.O=[N+]([O-])c1cccnc1Cl. The summed E-state index contributed by atoms with van der Waals surface area (Å²) < 4.78 is 17.8. The van der Waals surface area contributed by atoms with E-state index in [2.05, 4.69) is 66.7 Å². The largest absolute Gasteiger partial charge is 0.396 e. The van der Waals surface area contributed by atoms with Crippen LogP contribution in [0.15, 0.2) is 55.0 Å². The minimum Gasteiger partial charge on any atom is -0.396 e. The Hall–Kier alpha value is -4.22. The molecule has 0 saturated carbocycles. The summed E-state index contributed by atoms with van der Waals surface area (Å²) >= 11 is 5.37. The topological polar surface area (TPSA) is 197 Å². The van der Waals surface area contributed by atoms with Crippen LogP contribution < -0.4 is 20.9 Å². The molecule has 0 bridgehead atoms. The summed E-state index contributed by atoms with van der Waals surface area (Å²) in [5, 5.41) is 24.4. The molecule has 6 rings (SSSR count). The van der Waals surface area contributed by atoms with E-state index in [1.54, 1.807) is 18.5 Å². The lowest BCUT2D eigenvalue weighted by molar-refractivity contribution is -0.385. The average molecular weight is 844 g/mol. The number of nitrogens with one attached hydrogen (secondary N) is 1. The normalized spacial score (nSPS) is 17.1. The number of nitrogen functional groups attached to an aromatic ring is 1. The summed E-state index contributed by atoms with van der Waals surface area (Å²) in [5.74, 6) is 1.37. The van der Waals surface area contributed by atoms with Gasteiger partial charge in [0.15, 0.2) is 5.82 Å². The second kappa shape index (κ2) is 23.0. The van der Waals surface area contributed by atoms with Gasteiger partial charge in [0.25, 0.3) is 0 Å². The number of hydrogen-bond donors (Lipinski definition) is 2. The number of hydrogen-bond acceptors (Lipinski definition) is 14. The molecular formula is C42H66ClN9O7. The summed E-state index contributed by atoms with van der Waals surface area (Å²) in [6, 6.07) is 9.63. The molecule has 0 unspecified atom stereocenters. The van der Waals surface area contributed by atoms with E-state index in [-0.39, 0.29) is 44.4 Å². The molecule has 3 aliphatic heterocycles. The Balaban J connectivity index is 0.000000219. The highest BCUT2D eigenvalue weighted by Gasteiger charge is 2.29. The van der Waals surface area contributed by atoms with E-state index in [1.165, 1.54) is 24.4 Å². The second-order valence-electron chi connectivity index (χ2n) is 17.6. The zero-order valence-corrected chi connectivity index (χ0v) is 37.1. The van der Waals surface area contributed by atoms with Crippen molar-refractivity contribution in [1.82, 2.24) is 20.3 Å². The molecule has 3 aliphatic rings. The van der Waals surface area contributed by atoms with Crippen molar-refractivity contribution in [2.45, 2.75) is 136 Å². The van der Waals surface area contributed by atoms with E-state index in [9.17, 15) is 20.2 Å². The van der Waals surface area contributed by atoms with Gasteiger partial charge < -0.3 is 35.1 Å². The Bertz CT molecular complexity index is 1730.